The first kappa shape index (κ1) is 103. The number of rotatable bonds is 48. The molecule has 3 heterocycles. The van der Waals surface area contributed by atoms with Crippen molar-refractivity contribution in [2.75, 3.05) is 52.4 Å². The van der Waals surface area contributed by atoms with Gasteiger partial charge in [-0.15, -0.1) is 0 Å². The monoisotopic (exact) mass is 1770 g/mol. The summed E-state index contributed by atoms with van der Waals surface area (Å²) < 4.78 is 0. The molecule has 3 saturated heterocycles. The van der Waals surface area contributed by atoms with Gasteiger partial charge in [0.1, 0.15) is 42.3 Å². The maximum Gasteiger partial charge on any atom is 0.242 e. The molecule has 8 aliphatic rings. The molecule has 37 heteroatoms. The van der Waals surface area contributed by atoms with Gasteiger partial charge >= 0.3 is 0 Å². The number of hydrogen-bond donors (Lipinski definition) is 21. The molecule has 3 aliphatic heterocycles. The lowest BCUT2D eigenvalue weighted by Crippen LogP contribution is -2.58. The first-order valence-electron chi connectivity index (χ1n) is 47.3. The predicted molar refractivity (Wildman–Crippen MR) is 473 cm³/mol. The van der Waals surface area contributed by atoms with E-state index in [1.807, 2.05) is 69.2 Å². The fraction of sp³-hybridized carbons (Fsp3) is 0.820. The van der Waals surface area contributed by atoms with Crippen LogP contribution in [-0.2, 0) is 76.7 Å². The van der Waals surface area contributed by atoms with E-state index in [0.29, 0.717) is 135 Å². The molecule has 126 heavy (non-hydrogen) atoms. The van der Waals surface area contributed by atoms with E-state index in [9.17, 15) is 76.7 Å². The molecular weight excluding hydrogens is 1620 g/mol. The third kappa shape index (κ3) is 30.8. The lowest BCUT2D eigenvalue weighted by Gasteiger charge is -2.30. The number of amides is 16. The Morgan fingerprint density at radius 2 is 0.468 bits per heavy atom. The number of carbonyl (C=O) groups is 16. The molecule has 8 fully saturated rings. The summed E-state index contributed by atoms with van der Waals surface area (Å²) in [6.07, 6.45) is 12.2. The minimum absolute atomic E-state index is 0.0176. The number of nitrogens with one attached hydrogen (secondary N) is 18. The van der Waals surface area contributed by atoms with Crippen LogP contribution in [0.4, 0.5) is 0 Å². The van der Waals surface area contributed by atoms with Gasteiger partial charge in [-0.3, -0.25) is 76.7 Å². The molecule has 0 aromatic heterocycles. The van der Waals surface area contributed by atoms with Crippen molar-refractivity contribution in [1.29, 1.82) is 0 Å². The molecule has 0 spiro atoms. The van der Waals surface area contributed by atoms with Crippen molar-refractivity contribution >= 4 is 94.5 Å². The van der Waals surface area contributed by atoms with Gasteiger partial charge in [0.05, 0.1) is 65.5 Å². The van der Waals surface area contributed by atoms with Crippen LogP contribution >= 0.6 is 0 Å². The Balaban J connectivity index is 0.833. The lowest BCUT2D eigenvalue weighted by atomic mass is 9.96. The third-order valence-electron chi connectivity index (χ3n) is 26.5. The first-order valence-corrected chi connectivity index (χ1v) is 47.3. The Kier molecular flexibility index (Phi) is 41.0. The van der Waals surface area contributed by atoms with E-state index in [-0.39, 0.29) is 125 Å². The number of nitrogens with two attached hydrogens (primary N) is 3. The third-order valence-corrected chi connectivity index (χ3v) is 26.5. The molecule has 0 radical (unpaired) electrons. The Labute approximate surface area is 743 Å². The molecule has 16 amide bonds. The van der Waals surface area contributed by atoms with Crippen LogP contribution in [0.1, 0.15) is 243 Å². The smallest absolute Gasteiger partial charge is 0.242 e. The van der Waals surface area contributed by atoms with Gasteiger partial charge in [0.2, 0.25) is 94.5 Å². The van der Waals surface area contributed by atoms with Crippen LogP contribution in [0, 0.1) is 76.9 Å². The Bertz CT molecular complexity index is 3720. The lowest BCUT2D eigenvalue weighted by molar-refractivity contribution is -0.135. The van der Waals surface area contributed by atoms with Crippen LogP contribution in [0.15, 0.2) is 0 Å². The van der Waals surface area contributed by atoms with Gasteiger partial charge in [-0.05, 0) is 178 Å². The zero-order chi connectivity index (χ0) is 92.2. The second kappa shape index (κ2) is 50.3. The highest BCUT2D eigenvalue weighted by Crippen LogP contribution is 2.33. The second-order valence-electron chi connectivity index (χ2n) is 39.1. The average molecular weight is 1770 g/mol. The minimum atomic E-state index is -1.08. The van der Waals surface area contributed by atoms with E-state index < -0.39 is 209 Å². The standard InChI is InChI=1S/C89H153N21O16/c1-46(2)35-67(85(122)97-60-28-16-21-52(60)75(92)112)103-78(115)55-24-19-31-63(55)99-86(123)68(36-47(3)4)104-79(116)56-25-20-32-64(56)100-88(125)70(38-49(7)8)107-81(118)58-41-94-43-72(58)108-83(120)65(26-12-14-33-90)101-76(113)54-23-18-30-62(54)98-87(124)69(37-48(5)6)106-82(119)59-42-95-44-73(59)109-84(121)66(27-13-15-34-91)102-80(117)57-40-93-45-74(57)110-89(126)71(39-50(9)10)105-77(114)53-22-17-29-61(53)96-51(11)111/h46-50,52-74,93-95H,12-45,90-91H2,1-11H3,(H2,92,112)(H,96,111)(H,97,122)(H,98,124)(H,99,123)(H,100,125)(H,101,113)(H,102,117)(H,103,115)(H,104,116)(H,105,114)(H,106,119)(H,107,118)(H,108,120)(H,109,121)(H,110,126)/t52-,53-,54-,55-,56-,57-,58-,59-,60-,61-,62-,63-,64-,65-,66-,67-,68-,69-,70-,71-,72-,73-,74-/m0/s1. The molecule has 8 rings (SSSR count). The van der Waals surface area contributed by atoms with Gasteiger partial charge < -0.3 is 113 Å². The van der Waals surface area contributed by atoms with E-state index in [0.717, 1.165) is 12.8 Å². The number of unbranched alkanes of at least 4 members (excludes halogenated alkanes) is 2. The van der Waals surface area contributed by atoms with Crippen molar-refractivity contribution in [3.8, 4) is 0 Å². The number of carbonyl (C=O) groups excluding carboxylic acids is 16. The first-order chi connectivity index (χ1) is 59.9. The van der Waals surface area contributed by atoms with Gasteiger partial charge in [0.15, 0.2) is 0 Å². The quantitative estimate of drug-likeness (QED) is 0.0322. The molecule has 5 saturated carbocycles. The fourth-order valence-corrected chi connectivity index (χ4v) is 19.8. The van der Waals surface area contributed by atoms with Gasteiger partial charge in [-0.2, -0.15) is 0 Å². The van der Waals surface area contributed by atoms with Crippen molar-refractivity contribution in [2.45, 2.75) is 334 Å². The van der Waals surface area contributed by atoms with Gasteiger partial charge in [-0.1, -0.05) is 101 Å². The van der Waals surface area contributed by atoms with Crippen molar-refractivity contribution in [3.05, 3.63) is 0 Å². The Morgan fingerprint density at radius 1 is 0.262 bits per heavy atom. The topological polar surface area (TPSA) is 568 Å². The molecule has 0 aromatic carbocycles. The Hall–Kier alpha value is -8.68. The molecule has 710 valence electrons. The molecule has 24 N–H and O–H groups in total. The largest absolute Gasteiger partial charge is 0.369 e. The van der Waals surface area contributed by atoms with Crippen molar-refractivity contribution < 1.29 is 76.7 Å². The normalized spacial score (nSPS) is 27.4. The van der Waals surface area contributed by atoms with Crippen molar-refractivity contribution in [2.24, 2.45) is 94.1 Å². The second-order valence-corrected chi connectivity index (χ2v) is 39.1. The molecule has 0 unspecified atom stereocenters. The summed E-state index contributed by atoms with van der Waals surface area (Å²) >= 11 is 0. The van der Waals surface area contributed by atoms with E-state index in [2.05, 4.69) is 95.7 Å². The zero-order valence-electron chi connectivity index (χ0n) is 76.5. The maximum atomic E-state index is 14.6. The van der Waals surface area contributed by atoms with Crippen LogP contribution in [-0.4, -0.2) is 238 Å². The van der Waals surface area contributed by atoms with Crippen molar-refractivity contribution in [3.63, 3.8) is 0 Å². The molecular formula is C89H153N21O16. The van der Waals surface area contributed by atoms with E-state index in [4.69, 9.17) is 17.2 Å². The summed E-state index contributed by atoms with van der Waals surface area (Å²) in [5.74, 6) is -13.0. The van der Waals surface area contributed by atoms with E-state index in [1.54, 1.807) is 0 Å². The summed E-state index contributed by atoms with van der Waals surface area (Å²) in [6.45, 7) is 22.4. The zero-order valence-corrected chi connectivity index (χ0v) is 76.5. The summed E-state index contributed by atoms with van der Waals surface area (Å²) in [4.78, 5) is 224. The molecule has 5 aliphatic carbocycles. The summed E-state index contributed by atoms with van der Waals surface area (Å²) in [6, 6.07) is -11.9. The highest BCUT2D eigenvalue weighted by atomic mass is 16.2. The Morgan fingerprint density at radius 3 is 0.698 bits per heavy atom. The summed E-state index contributed by atoms with van der Waals surface area (Å²) in [5, 5.41) is 54.4. The molecule has 0 bridgehead atoms. The van der Waals surface area contributed by atoms with Crippen LogP contribution in [0.2, 0.25) is 0 Å². The van der Waals surface area contributed by atoms with Gasteiger partial charge in [0.25, 0.3) is 0 Å². The van der Waals surface area contributed by atoms with E-state index in [1.165, 1.54) is 6.92 Å². The van der Waals surface area contributed by atoms with Gasteiger partial charge in [-0.25, -0.2) is 0 Å². The number of hydrogen-bond acceptors (Lipinski definition) is 21. The van der Waals surface area contributed by atoms with Crippen molar-refractivity contribution in [1.82, 2.24) is 95.7 Å². The maximum absolute atomic E-state index is 14.6. The number of primary amides is 1. The highest BCUT2D eigenvalue weighted by Gasteiger charge is 2.47. The van der Waals surface area contributed by atoms with Crippen LogP contribution < -0.4 is 113 Å². The minimum Gasteiger partial charge on any atom is -0.369 e. The van der Waals surface area contributed by atoms with Crippen LogP contribution in [0.5, 0.6) is 0 Å². The molecule has 37 nitrogen and oxygen atoms in total. The SMILES string of the molecule is CC(=O)N[C@H]1CCC[C@@H]1C(=O)N[C@@H](CC(C)C)C(=O)N[C@H]1CNC[C@@H]1C(=O)N[C@@H](CCCCN)C(=O)N[C@H]1CNC[C@@H]1C(=O)N[C@@H](CC(C)C)C(=O)N[C@H]1CCC[C@@H]1C(=O)N[C@@H](CCCCN)C(=O)N[C@H]1CNC[C@@H]1C(=O)N[C@@H](CC(C)C)C(=O)N[C@H]1CCC[C@@H]1C(=O)N[C@@H](CC(C)C)C(=O)N[C@H]1CCC[C@@H]1C(=O)N[C@@H](CC(C)C)C(=O)N[C@H]1CCC[C@@H]1C(N)=O. The van der Waals surface area contributed by atoms with E-state index >= 15 is 0 Å². The highest BCUT2D eigenvalue weighted by molar-refractivity contribution is 5.96. The summed E-state index contributed by atoms with van der Waals surface area (Å²) in [5.41, 5.74) is 17.5. The molecule has 23 atom stereocenters. The van der Waals surface area contributed by atoms with Crippen LogP contribution in [0.25, 0.3) is 0 Å². The van der Waals surface area contributed by atoms with Gasteiger partial charge in [0, 0.05) is 76.4 Å². The molecule has 0 aromatic rings. The fourth-order valence-electron chi connectivity index (χ4n) is 19.8. The summed E-state index contributed by atoms with van der Waals surface area (Å²) in [7, 11) is 0. The average Bonchev–Trinajstić information content (AvgIpc) is 1.66. The predicted octanol–water partition coefficient (Wildman–Crippen LogP) is -1.09. The van der Waals surface area contributed by atoms with Crippen LogP contribution in [0.3, 0.4) is 0 Å².